The van der Waals surface area contributed by atoms with Gasteiger partial charge in [-0.15, -0.1) is 0 Å². The molecule has 0 spiro atoms. The van der Waals surface area contributed by atoms with E-state index in [0.717, 1.165) is 5.69 Å². The van der Waals surface area contributed by atoms with Crippen molar-refractivity contribution in [3.05, 3.63) is 30.3 Å². The lowest BCUT2D eigenvalue weighted by atomic mass is 10.1. The fourth-order valence-electron chi connectivity index (χ4n) is 1.66. The molecule has 7 nitrogen and oxygen atoms in total. The molecule has 1 aromatic heterocycles. The second kappa shape index (κ2) is 5.68. The van der Waals surface area contributed by atoms with E-state index in [2.05, 4.69) is 26.2 Å². The Balaban J connectivity index is 2.02. The molecule has 2 aromatic rings. The Bertz CT molecular complexity index is 572. The summed E-state index contributed by atoms with van der Waals surface area (Å²) >= 11 is 0. The quantitative estimate of drug-likeness (QED) is 0.868. The molecule has 0 fully saturated rings. The minimum atomic E-state index is -0.260. The topological polar surface area (TPSA) is 84.7 Å². The van der Waals surface area contributed by atoms with E-state index in [1.54, 1.807) is 4.68 Å². The number of nitrogens with zero attached hydrogens (tertiary/aromatic N) is 4. The zero-order valence-corrected chi connectivity index (χ0v) is 11.8. The molecule has 0 atom stereocenters. The summed E-state index contributed by atoms with van der Waals surface area (Å²) in [7, 11) is 0. The van der Waals surface area contributed by atoms with Crippen LogP contribution in [-0.4, -0.2) is 38.2 Å². The van der Waals surface area contributed by atoms with Crippen LogP contribution in [0.15, 0.2) is 30.3 Å². The van der Waals surface area contributed by atoms with Crippen LogP contribution >= 0.6 is 0 Å². The van der Waals surface area contributed by atoms with Crippen molar-refractivity contribution in [3.63, 3.8) is 0 Å². The van der Waals surface area contributed by atoms with Crippen LogP contribution in [-0.2, 0) is 4.79 Å². The number of hydrogen-bond donors (Lipinski definition) is 2. The molecular weight excluding hydrogens is 256 g/mol. The molecule has 0 aliphatic carbocycles. The zero-order valence-electron chi connectivity index (χ0n) is 11.8. The highest BCUT2D eigenvalue weighted by atomic mass is 16.2. The third kappa shape index (κ3) is 3.78. The normalized spacial score (nSPS) is 11.2. The number of carbonyl (C=O) groups is 1. The molecule has 7 heteroatoms. The largest absolute Gasteiger partial charge is 0.350 e. The van der Waals surface area contributed by atoms with Gasteiger partial charge >= 0.3 is 0 Å². The first kappa shape index (κ1) is 14.0. The fourth-order valence-corrected chi connectivity index (χ4v) is 1.66. The third-order valence-electron chi connectivity index (χ3n) is 2.39. The van der Waals surface area contributed by atoms with Gasteiger partial charge in [-0.3, -0.25) is 4.79 Å². The van der Waals surface area contributed by atoms with Crippen molar-refractivity contribution in [3.8, 4) is 5.69 Å². The van der Waals surface area contributed by atoms with Crippen LogP contribution in [0, 0.1) is 0 Å². The van der Waals surface area contributed by atoms with Gasteiger partial charge in [0.2, 0.25) is 11.9 Å². The van der Waals surface area contributed by atoms with Crippen molar-refractivity contribution < 1.29 is 4.79 Å². The standard InChI is InChI=1S/C13H18N6O/c1-13(2,3)15-11(20)9-14-12-16-17-18-19(12)10-7-5-4-6-8-10/h4-8H,9H2,1-3H3,(H,15,20)(H,14,16,18). The molecule has 1 aromatic carbocycles. The second-order valence-corrected chi connectivity index (χ2v) is 5.40. The van der Waals surface area contributed by atoms with Crippen LogP contribution in [0.25, 0.3) is 5.69 Å². The van der Waals surface area contributed by atoms with E-state index >= 15 is 0 Å². The number of rotatable bonds is 4. The fraction of sp³-hybridized carbons (Fsp3) is 0.385. The van der Waals surface area contributed by atoms with Gasteiger partial charge in [0.05, 0.1) is 12.2 Å². The van der Waals surface area contributed by atoms with Crippen molar-refractivity contribution in [1.82, 2.24) is 25.5 Å². The molecular formula is C13H18N6O. The number of nitrogens with one attached hydrogen (secondary N) is 2. The van der Waals surface area contributed by atoms with Crippen LogP contribution in [0.4, 0.5) is 5.95 Å². The van der Waals surface area contributed by atoms with Gasteiger partial charge in [-0.2, -0.15) is 4.68 Å². The molecule has 0 saturated carbocycles. The number of benzene rings is 1. The average molecular weight is 274 g/mol. The highest BCUT2D eigenvalue weighted by Crippen LogP contribution is 2.10. The van der Waals surface area contributed by atoms with Gasteiger partial charge in [-0.1, -0.05) is 23.3 Å². The van der Waals surface area contributed by atoms with Gasteiger partial charge in [0.1, 0.15) is 0 Å². The van der Waals surface area contributed by atoms with E-state index in [4.69, 9.17) is 0 Å². The Morgan fingerprint density at radius 3 is 2.60 bits per heavy atom. The lowest BCUT2D eigenvalue weighted by Crippen LogP contribution is -2.43. The van der Waals surface area contributed by atoms with Crippen LogP contribution in [0.2, 0.25) is 0 Å². The highest BCUT2D eigenvalue weighted by Gasteiger charge is 2.14. The number of aromatic nitrogens is 4. The van der Waals surface area contributed by atoms with Crippen molar-refractivity contribution in [2.24, 2.45) is 0 Å². The Labute approximate surface area is 117 Å². The molecule has 0 unspecified atom stereocenters. The number of anilines is 1. The highest BCUT2D eigenvalue weighted by molar-refractivity contribution is 5.80. The van der Waals surface area contributed by atoms with Crippen molar-refractivity contribution in [1.29, 1.82) is 0 Å². The van der Waals surface area contributed by atoms with Crippen LogP contribution in [0.1, 0.15) is 20.8 Å². The van der Waals surface area contributed by atoms with Crippen LogP contribution < -0.4 is 10.6 Å². The Morgan fingerprint density at radius 1 is 1.25 bits per heavy atom. The molecule has 106 valence electrons. The maximum Gasteiger partial charge on any atom is 0.248 e. The lowest BCUT2D eigenvalue weighted by molar-refractivity contribution is -0.120. The predicted molar refractivity (Wildman–Crippen MR) is 75.5 cm³/mol. The maximum atomic E-state index is 11.8. The van der Waals surface area contributed by atoms with Gasteiger partial charge in [0.15, 0.2) is 0 Å². The molecule has 20 heavy (non-hydrogen) atoms. The van der Waals surface area contributed by atoms with E-state index in [0.29, 0.717) is 5.95 Å². The van der Waals surface area contributed by atoms with Crippen molar-refractivity contribution in [2.75, 3.05) is 11.9 Å². The van der Waals surface area contributed by atoms with Crippen LogP contribution in [0.3, 0.4) is 0 Å². The van der Waals surface area contributed by atoms with E-state index < -0.39 is 0 Å². The third-order valence-corrected chi connectivity index (χ3v) is 2.39. The number of para-hydroxylation sites is 1. The zero-order chi connectivity index (χ0) is 14.6. The van der Waals surface area contributed by atoms with E-state index in [-0.39, 0.29) is 18.0 Å². The summed E-state index contributed by atoms with van der Waals surface area (Å²) < 4.78 is 1.55. The van der Waals surface area contributed by atoms with Crippen LogP contribution in [0.5, 0.6) is 0 Å². The molecule has 0 bridgehead atoms. The summed E-state index contributed by atoms with van der Waals surface area (Å²) in [5.74, 6) is 0.320. The monoisotopic (exact) mass is 274 g/mol. The summed E-state index contributed by atoms with van der Waals surface area (Å²) in [5.41, 5.74) is 0.570. The summed E-state index contributed by atoms with van der Waals surface area (Å²) in [6, 6.07) is 9.48. The second-order valence-electron chi connectivity index (χ2n) is 5.40. The lowest BCUT2D eigenvalue weighted by Gasteiger charge is -2.20. The minimum Gasteiger partial charge on any atom is -0.350 e. The number of tetrazole rings is 1. The SMILES string of the molecule is CC(C)(C)NC(=O)CNc1nnnn1-c1ccccc1. The molecule has 0 saturated heterocycles. The van der Waals surface area contributed by atoms with E-state index in [9.17, 15) is 4.79 Å². The summed E-state index contributed by atoms with van der Waals surface area (Å²) in [5, 5.41) is 17.2. The van der Waals surface area contributed by atoms with Gasteiger partial charge in [0, 0.05) is 5.54 Å². The Morgan fingerprint density at radius 2 is 1.95 bits per heavy atom. The Hall–Kier alpha value is -2.44. The van der Waals surface area contributed by atoms with Gasteiger partial charge in [-0.05, 0) is 43.3 Å². The first-order chi connectivity index (χ1) is 9.46. The molecule has 0 radical (unpaired) electrons. The van der Waals surface area contributed by atoms with E-state index in [1.165, 1.54) is 0 Å². The van der Waals surface area contributed by atoms with Gasteiger partial charge < -0.3 is 10.6 Å². The summed E-state index contributed by atoms with van der Waals surface area (Å²) in [6.07, 6.45) is 0. The molecule has 2 N–H and O–H groups in total. The van der Waals surface area contributed by atoms with Gasteiger partial charge in [-0.25, -0.2) is 0 Å². The molecule has 1 heterocycles. The molecule has 2 rings (SSSR count). The minimum absolute atomic E-state index is 0.111. The summed E-state index contributed by atoms with van der Waals surface area (Å²) in [4.78, 5) is 11.8. The number of carbonyl (C=O) groups excluding carboxylic acids is 1. The number of amides is 1. The average Bonchev–Trinajstić information content (AvgIpc) is 2.83. The first-order valence-electron chi connectivity index (χ1n) is 6.34. The first-order valence-corrected chi connectivity index (χ1v) is 6.34. The molecule has 1 amide bonds. The predicted octanol–water partition coefficient (Wildman–Crippen LogP) is 0.989. The molecule has 0 aliphatic heterocycles. The number of hydrogen-bond acceptors (Lipinski definition) is 5. The summed E-state index contributed by atoms with van der Waals surface area (Å²) in [6.45, 7) is 5.90. The van der Waals surface area contributed by atoms with E-state index in [1.807, 2.05) is 51.1 Å². The Kier molecular flexibility index (Phi) is 3.97. The smallest absolute Gasteiger partial charge is 0.248 e. The van der Waals surface area contributed by atoms with Crippen molar-refractivity contribution in [2.45, 2.75) is 26.3 Å². The van der Waals surface area contributed by atoms with Crippen molar-refractivity contribution >= 4 is 11.9 Å². The molecule has 0 aliphatic rings. The van der Waals surface area contributed by atoms with Gasteiger partial charge in [0.25, 0.3) is 0 Å². The maximum absolute atomic E-state index is 11.8.